The standard InChI is InChI=1S/C24H20ClN3O3S/c1-2-30-20-14-7-6-13-19(20)26-22(29)21(16-9-4-3-5-10-16)32-24-28-27-23(31-24)17-11-8-12-18(25)15-17/h3-15,21H,2H2,1H3,(H,26,29)/t21-/m0/s1. The van der Waals surface area contributed by atoms with Gasteiger partial charge in [0.25, 0.3) is 5.22 Å². The molecule has 0 aliphatic carbocycles. The van der Waals surface area contributed by atoms with Crippen molar-refractivity contribution in [2.24, 2.45) is 0 Å². The van der Waals surface area contributed by atoms with Gasteiger partial charge in [0.15, 0.2) is 0 Å². The first-order chi connectivity index (χ1) is 15.6. The molecule has 4 rings (SSSR count). The molecule has 6 nitrogen and oxygen atoms in total. The predicted molar refractivity (Wildman–Crippen MR) is 126 cm³/mol. The number of hydrogen-bond donors (Lipinski definition) is 1. The van der Waals surface area contributed by atoms with Crippen LogP contribution < -0.4 is 10.1 Å². The second kappa shape index (κ2) is 10.3. The Morgan fingerprint density at radius 3 is 2.62 bits per heavy atom. The molecule has 1 N–H and O–H groups in total. The number of ether oxygens (including phenoxy) is 1. The number of rotatable bonds is 8. The summed E-state index contributed by atoms with van der Waals surface area (Å²) in [7, 11) is 0. The van der Waals surface area contributed by atoms with Crippen LogP contribution in [0.3, 0.4) is 0 Å². The van der Waals surface area contributed by atoms with Gasteiger partial charge in [-0.2, -0.15) is 0 Å². The number of halogens is 1. The molecule has 1 heterocycles. The molecule has 8 heteroatoms. The minimum absolute atomic E-state index is 0.226. The fraction of sp³-hybridized carbons (Fsp3) is 0.125. The lowest BCUT2D eigenvalue weighted by molar-refractivity contribution is -0.115. The summed E-state index contributed by atoms with van der Waals surface area (Å²) in [6.07, 6.45) is 0. The Bertz CT molecular complexity index is 1200. The molecule has 0 unspecified atom stereocenters. The number of nitrogens with zero attached hydrogens (tertiary/aromatic N) is 2. The Morgan fingerprint density at radius 2 is 1.84 bits per heavy atom. The minimum Gasteiger partial charge on any atom is -0.492 e. The maximum Gasteiger partial charge on any atom is 0.277 e. The summed E-state index contributed by atoms with van der Waals surface area (Å²) in [5.74, 6) is 0.723. The second-order valence-corrected chi connectivity index (χ2v) is 8.20. The molecule has 0 bridgehead atoms. The molecule has 1 atom stereocenters. The number of amides is 1. The van der Waals surface area contributed by atoms with E-state index in [1.54, 1.807) is 18.2 Å². The van der Waals surface area contributed by atoms with Crippen LogP contribution in [0, 0.1) is 0 Å². The monoisotopic (exact) mass is 465 g/mol. The van der Waals surface area contributed by atoms with Gasteiger partial charge < -0.3 is 14.5 Å². The van der Waals surface area contributed by atoms with Crippen LogP contribution in [0.2, 0.25) is 5.02 Å². The first kappa shape index (κ1) is 21.9. The Labute approximate surface area is 195 Å². The van der Waals surface area contributed by atoms with Gasteiger partial charge in [-0.25, -0.2) is 0 Å². The quantitative estimate of drug-likeness (QED) is 0.309. The zero-order valence-electron chi connectivity index (χ0n) is 17.2. The van der Waals surface area contributed by atoms with E-state index in [-0.39, 0.29) is 11.1 Å². The van der Waals surface area contributed by atoms with Gasteiger partial charge >= 0.3 is 0 Å². The van der Waals surface area contributed by atoms with Gasteiger partial charge in [0.1, 0.15) is 11.0 Å². The van der Waals surface area contributed by atoms with Crippen molar-refractivity contribution >= 4 is 35.0 Å². The second-order valence-electron chi connectivity index (χ2n) is 6.71. The lowest BCUT2D eigenvalue weighted by Crippen LogP contribution is -2.19. The van der Waals surface area contributed by atoms with Crippen molar-refractivity contribution in [1.29, 1.82) is 0 Å². The SMILES string of the molecule is CCOc1ccccc1NC(=O)[C@@H](Sc1nnc(-c2cccc(Cl)c2)o1)c1ccccc1. The Kier molecular flexibility index (Phi) is 7.09. The highest BCUT2D eigenvalue weighted by Gasteiger charge is 2.26. The fourth-order valence-corrected chi connectivity index (χ4v) is 4.11. The average molecular weight is 466 g/mol. The third kappa shape index (κ3) is 5.30. The highest BCUT2D eigenvalue weighted by molar-refractivity contribution is 8.00. The number of benzene rings is 3. The normalized spacial score (nSPS) is 11.7. The van der Waals surface area contributed by atoms with Crippen molar-refractivity contribution in [3.8, 4) is 17.2 Å². The number of carbonyl (C=O) groups is 1. The first-order valence-corrected chi connectivity index (χ1v) is 11.2. The summed E-state index contributed by atoms with van der Waals surface area (Å²) in [6.45, 7) is 2.40. The average Bonchev–Trinajstić information content (AvgIpc) is 3.28. The van der Waals surface area contributed by atoms with Gasteiger partial charge in [-0.1, -0.05) is 60.1 Å². The van der Waals surface area contributed by atoms with Crippen molar-refractivity contribution in [2.45, 2.75) is 17.4 Å². The Hall–Kier alpha value is -3.29. The molecular formula is C24H20ClN3O3S. The van der Waals surface area contributed by atoms with E-state index in [0.29, 0.717) is 34.5 Å². The molecule has 0 radical (unpaired) electrons. The van der Waals surface area contributed by atoms with E-state index in [1.165, 1.54) is 11.8 Å². The summed E-state index contributed by atoms with van der Waals surface area (Å²) in [5, 5.41) is 11.4. The van der Waals surface area contributed by atoms with E-state index in [9.17, 15) is 4.79 Å². The molecule has 32 heavy (non-hydrogen) atoms. The van der Waals surface area contributed by atoms with Crippen molar-refractivity contribution < 1.29 is 13.9 Å². The lowest BCUT2D eigenvalue weighted by atomic mass is 10.1. The Balaban J connectivity index is 1.59. The van der Waals surface area contributed by atoms with Gasteiger partial charge in [0, 0.05) is 10.6 Å². The Morgan fingerprint density at radius 1 is 1.06 bits per heavy atom. The molecule has 0 saturated heterocycles. The van der Waals surface area contributed by atoms with Gasteiger partial charge in [0.2, 0.25) is 11.8 Å². The summed E-state index contributed by atoms with van der Waals surface area (Å²) in [4.78, 5) is 13.3. The van der Waals surface area contributed by atoms with E-state index in [1.807, 2.05) is 67.6 Å². The maximum absolute atomic E-state index is 13.3. The molecule has 0 aliphatic rings. The van der Waals surface area contributed by atoms with E-state index < -0.39 is 5.25 Å². The molecule has 1 amide bonds. The number of anilines is 1. The van der Waals surface area contributed by atoms with Crippen LogP contribution in [0.5, 0.6) is 5.75 Å². The van der Waals surface area contributed by atoms with Gasteiger partial charge in [0.05, 0.1) is 12.3 Å². The number of aromatic nitrogens is 2. The molecule has 3 aromatic carbocycles. The largest absolute Gasteiger partial charge is 0.492 e. The van der Waals surface area contributed by atoms with E-state index in [2.05, 4.69) is 15.5 Å². The molecule has 4 aromatic rings. The highest BCUT2D eigenvalue weighted by Crippen LogP contribution is 2.37. The number of thioether (sulfide) groups is 1. The number of para-hydroxylation sites is 2. The van der Waals surface area contributed by atoms with Crippen LogP contribution in [0.4, 0.5) is 5.69 Å². The van der Waals surface area contributed by atoms with Crippen LogP contribution in [0.1, 0.15) is 17.7 Å². The summed E-state index contributed by atoms with van der Waals surface area (Å²) < 4.78 is 11.4. The van der Waals surface area contributed by atoms with Gasteiger partial charge in [-0.05, 0) is 54.6 Å². The third-order valence-corrected chi connectivity index (χ3v) is 5.81. The van der Waals surface area contributed by atoms with Crippen LogP contribution in [-0.4, -0.2) is 22.7 Å². The first-order valence-electron chi connectivity index (χ1n) is 9.98. The van der Waals surface area contributed by atoms with E-state index in [0.717, 1.165) is 5.56 Å². The number of carbonyl (C=O) groups excluding carboxylic acids is 1. The molecule has 0 spiro atoms. The van der Waals surface area contributed by atoms with Crippen LogP contribution in [0.25, 0.3) is 11.5 Å². The molecule has 0 aliphatic heterocycles. The van der Waals surface area contributed by atoms with Gasteiger partial charge in [-0.15, -0.1) is 10.2 Å². The summed E-state index contributed by atoms with van der Waals surface area (Å²) >= 11 is 7.24. The zero-order chi connectivity index (χ0) is 22.3. The van der Waals surface area contributed by atoms with E-state index >= 15 is 0 Å². The molecule has 0 saturated carbocycles. The van der Waals surface area contributed by atoms with E-state index in [4.69, 9.17) is 20.8 Å². The molecule has 1 aromatic heterocycles. The fourth-order valence-electron chi connectivity index (χ4n) is 3.05. The molecular weight excluding hydrogens is 446 g/mol. The van der Waals surface area contributed by atoms with Crippen molar-refractivity contribution in [2.75, 3.05) is 11.9 Å². The smallest absolute Gasteiger partial charge is 0.277 e. The predicted octanol–water partition coefficient (Wildman–Crippen LogP) is 6.26. The number of hydrogen-bond acceptors (Lipinski definition) is 6. The molecule has 0 fully saturated rings. The third-order valence-electron chi connectivity index (χ3n) is 4.48. The van der Waals surface area contributed by atoms with Crippen molar-refractivity contribution in [1.82, 2.24) is 10.2 Å². The maximum atomic E-state index is 13.3. The summed E-state index contributed by atoms with van der Waals surface area (Å²) in [5.41, 5.74) is 2.13. The van der Waals surface area contributed by atoms with Crippen LogP contribution >= 0.6 is 23.4 Å². The van der Waals surface area contributed by atoms with Gasteiger partial charge in [-0.3, -0.25) is 4.79 Å². The van der Waals surface area contributed by atoms with Crippen LogP contribution in [0.15, 0.2) is 88.5 Å². The van der Waals surface area contributed by atoms with Crippen molar-refractivity contribution in [3.63, 3.8) is 0 Å². The van der Waals surface area contributed by atoms with Crippen LogP contribution in [-0.2, 0) is 4.79 Å². The number of nitrogens with one attached hydrogen (secondary N) is 1. The zero-order valence-corrected chi connectivity index (χ0v) is 18.8. The topological polar surface area (TPSA) is 77.2 Å². The molecule has 162 valence electrons. The highest BCUT2D eigenvalue weighted by atomic mass is 35.5. The van der Waals surface area contributed by atoms with Crippen molar-refractivity contribution in [3.05, 3.63) is 89.4 Å². The minimum atomic E-state index is -0.612. The lowest BCUT2D eigenvalue weighted by Gasteiger charge is -2.17. The summed E-state index contributed by atoms with van der Waals surface area (Å²) in [6, 6.07) is 23.9.